The van der Waals surface area contributed by atoms with Crippen molar-refractivity contribution in [3.8, 4) is 0 Å². The van der Waals surface area contributed by atoms with E-state index in [0.717, 1.165) is 25.2 Å². The van der Waals surface area contributed by atoms with Gasteiger partial charge in [-0.05, 0) is 49.5 Å². The zero-order valence-electron chi connectivity index (χ0n) is 13.4. The van der Waals surface area contributed by atoms with E-state index in [1.807, 2.05) is 30.3 Å². The maximum Gasteiger partial charge on any atom is 0.251 e. The highest BCUT2D eigenvalue weighted by Gasteiger charge is 2.20. The van der Waals surface area contributed by atoms with Crippen LogP contribution in [-0.4, -0.2) is 37.0 Å². The molecule has 0 spiro atoms. The van der Waals surface area contributed by atoms with Gasteiger partial charge < -0.3 is 10.2 Å². The summed E-state index contributed by atoms with van der Waals surface area (Å²) in [5.74, 6) is 0.705. The average Bonchev–Trinajstić information content (AvgIpc) is 2.64. The van der Waals surface area contributed by atoms with Crippen molar-refractivity contribution in [1.29, 1.82) is 0 Å². The first-order valence-corrected chi connectivity index (χ1v) is 8.43. The van der Waals surface area contributed by atoms with Crippen LogP contribution in [0.2, 0.25) is 0 Å². The summed E-state index contributed by atoms with van der Waals surface area (Å²) in [6, 6.07) is 20.2. The van der Waals surface area contributed by atoms with E-state index in [-0.39, 0.29) is 5.91 Å². The Morgan fingerprint density at radius 2 is 1.57 bits per heavy atom. The van der Waals surface area contributed by atoms with Crippen molar-refractivity contribution in [2.45, 2.75) is 18.8 Å². The third-order valence-corrected chi connectivity index (χ3v) is 4.61. The molecule has 0 aliphatic carbocycles. The maximum absolute atomic E-state index is 12.0. The minimum atomic E-state index is 0.0183. The molecule has 3 heteroatoms. The quantitative estimate of drug-likeness (QED) is 0.919. The molecule has 1 aliphatic rings. The molecule has 0 saturated carbocycles. The number of benzene rings is 2. The van der Waals surface area contributed by atoms with Gasteiger partial charge in [-0.3, -0.25) is 4.79 Å². The van der Waals surface area contributed by atoms with Gasteiger partial charge in [-0.15, -0.1) is 0 Å². The summed E-state index contributed by atoms with van der Waals surface area (Å²) in [5.41, 5.74) is 2.19. The summed E-state index contributed by atoms with van der Waals surface area (Å²) in [4.78, 5) is 14.4. The Bertz CT molecular complexity index is 604. The molecule has 3 rings (SSSR count). The summed E-state index contributed by atoms with van der Waals surface area (Å²) in [7, 11) is 0. The van der Waals surface area contributed by atoms with E-state index in [1.54, 1.807) is 0 Å². The SMILES string of the molecule is O=C(NCCN1CCC(c2ccccc2)CC1)c1ccccc1. The van der Waals surface area contributed by atoms with E-state index in [0.29, 0.717) is 12.5 Å². The van der Waals surface area contributed by atoms with Crippen molar-refractivity contribution < 1.29 is 4.79 Å². The Balaban J connectivity index is 1.39. The minimum absolute atomic E-state index is 0.0183. The van der Waals surface area contributed by atoms with E-state index in [1.165, 1.54) is 18.4 Å². The van der Waals surface area contributed by atoms with Gasteiger partial charge in [0.05, 0.1) is 0 Å². The lowest BCUT2D eigenvalue weighted by atomic mass is 9.89. The predicted molar refractivity (Wildman–Crippen MR) is 93.6 cm³/mol. The molecule has 1 aliphatic heterocycles. The zero-order chi connectivity index (χ0) is 15.9. The fourth-order valence-corrected chi connectivity index (χ4v) is 3.23. The van der Waals surface area contributed by atoms with Crippen molar-refractivity contribution in [3.63, 3.8) is 0 Å². The summed E-state index contributed by atoms with van der Waals surface area (Å²) < 4.78 is 0. The van der Waals surface area contributed by atoms with Crippen LogP contribution in [0.3, 0.4) is 0 Å². The second kappa shape index (κ2) is 7.93. The molecule has 1 heterocycles. The molecule has 2 aromatic rings. The molecule has 1 saturated heterocycles. The van der Waals surface area contributed by atoms with Gasteiger partial charge in [0.15, 0.2) is 0 Å². The number of rotatable bonds is 5. The topological polar surface area (TPSA) is 32.3 Å². The first-order valence-electron chi connectivity index (χ1n) is 8.43. The number of piperidine rings is 1. The fraction of sp³-hybridized carbons (Fsp3) is 0.350. The van der Waals surface area contributed by atoms with Gasteiger partial charge >= 0.3 is 0 Å². The van der Waals surface area contributed by atoms with Gasteiger partial charge in [-0.25, -0.2) is 0 Å². The highest BCUT2D eigenvalue weighted by molar-refractivity contribution is 5.94. The number of hydrogen-bond acceptors (Lipinski definition) is 2. The molecular formula is C20H24N2O. The Kier molecular flexibility index (Phi) is 5.43. The molecule has 23 heavy (non-hydrogen) atoms. The van der Waals surface area contributed by atoms with Crippen LogP contribution in [0.15, 0.2) is 60.7 Å². The van der Waals surface area contributed by atoms with Crippen LogP contribution in [0, 0.1) is 0 Å². The van der Waals surface area contributed by atoms with Crippen LogP contribution in [0.5, 0.6) is 0 Å². The van der Waals surface area contributed by atoms with Gasteiger partial charge in [0.25, 0.3) is 5.91 Å². The summed E-state index contributed by atoms with van der Waals surface area (Å²) >= 11 is 0. The molecule has 2 aromatic carbocycles. The van der Waals surface area contributed by atoms with Crippen molar-refractivity contribution in [3.05, 3.63) is 71.8 Å². The van der Waals surface area contributed by atoms with Gasteiger partial charge in [0.1, 0.15) is 0 Å². The van der Waals surface area contributed by atoms with E-state index in [4.69, 9.17) is 0 Å². The Morgan fingerprint density at radius 3 is 2.22 bits per heavy atom. The zero-order valence-corrected chi connectivity index (χ0v) is 13.4. The van der Waals surface area contributed by atoms with Gasteiger partial charge in [0, 0.05) is 18.7 Å². The standard InChI is InChI=1S/C20H24N2O/c23-20(19-9-5-2-6-10-19)21-13-16-22-14-11-18(12-15-22)17-7-3-1-4-8-17/h1-10,18H,11-16H2,(H,21,23). The molecular weight excluding hydrogens is 284 g/mol. The molecule has 0 bridgehead atoms. The van der Waals surface area contributed by atoms with E-state index in [9.17, 15) is 4.79 Å². The Morgan fingerprint density at radius 1 is 0.957 bits per heavy atom. The molecule has 0 unspecified atom stereocenters. The summed E-state index contributed by atoms with van der Waals surface area (Å²) in [6.45, 7) is 3.87. The smallest absolute Gasteiger partial charge is 0.251 e. The van der Waals surface area contributed by atoms with E-state index >= 15 is 0 Å². The number of carbonyl (C=O) groups is 1. The van der Waals surface area contributed by atoms with Gasteiger partial charge in [-0.2, -0.15) is 0 Å². The molecule has 3 nitrogen and oxygen atoms in total. The van der Waals surface area contributed by atoms with Crippen LogP contribution in [-0.2, 0) is 0 Å². The number of hydrogen-bond donors (Lipinski definition) is 1. The Hall–Kier alpha value is -2.13. The largest absolute Gasteiger partial charge is 0.351 e. The number of nitrogens with zero attached hydrogens (tertiary/aromatic N) is 1. The first-order chi connectivity index (χ1) is 11.3. The number of nitrogens with one attached hydrogen (secondary N) is 1. The van der Waals surface area contributed by atoms with Crippen LogP contribution >= 0.6 is 0 Å². The highest BCUT2D eigenvalue weighted by atomic mass is 16.1. The molecule has 1 fully saturated rings. The van der Waals surface area contributed by atoms with Crippen molar-refractivity contribution in [1.82, 2.24) is 10.2 Å². The van der Waals surface area contributed by atoms with E-state index < -0.39 is 0 Å². The van der Waals surface area contributed by atoms with Gasteiger partial charge in [-0.1, -0.05) is 48.5 Å². The summed E-state index contributed by atoms with van der Waals surface area (Å²) in [5, 5.41) is 3.01. The highest BCUT2D eigenvalue weighted by Crippen LogP contribution is 2.27. The fourth-order valence-electron chi connectivity index (χ4n) is 3.23. The third kappa shape index (κ3) is 4.42. The molecule has 1 amide bonds. The molecule has 0 radical (unpaired) electrons. The Labute approximate surface area is 138 Å². The minimum Gasteiger partial charge on any atom is -0.351 e. The second-order valence-electron chi connectivity index (χ2n) is 6.15. The molecule has 120 valence electrons. The summed E-state index contributed by atoms with van der Waals surface area (Å²) in [6.07, 6.45) is 2.41. The number of amides is 1. The maximum atomic E-state index is 12.0. The molecule has 1 N–H and O–H groups in total. The predicted octanol–water partition coefficient (Wildman–Crippen LogP) is 3.30. The lowest BCUT2D eigenvalue weighted by molar-refractivity contribution is 0.0946. The van der Waals surface area contributed by atoms with E-state index in [2.05, 4.69) is 40.5 Å². The molecule has 0 aromatic heterocycles. The average molecular weight is 308 g/mol. The van der Waals surface area contributed by atoms with Crippen molar-refractivity contribution in [2.24, 2.45) is 0 Å². The van der Waals surface area contributed by atoms with Gasteiger partial charge in [0.2, 0.25) is 0 Å². The van der Waals surface area contributed by atoms with Crippen LogP contribution in [0.1, 0.15) is 34.7 Å². The van der Waals surface area contributed by atoms with Crippen molar-refractivity contribution in [2.75, 3.05) is 26.2 Å². The number of carbonyl (C=O) groups excluding carboxylic acids is 1. The third-order valence-electron chi connectivity index (χ3n) is 4.61. The van der Waals surface area contributed by atoms with Crippen molar-refractivity contribution >= 4 is 5.91 Å². The normalized spacial score (nSPS) is 16.2. The lowest BCUT2D eigenvalue weighted by Crippen LogP contribution is -2.39. The van der Waals surface area contributed by atoms with Crippen LogP contribution in [0.25, 0.3) is 0 Å². The second-order valence-corrected chi connectivity index (χ2v) is 6.15. The first kappa shape index (κ1) is 15.8. The molecule has 0 atom stereocenters. The number of likely N-dealkylation sites (tertiary alicyclic amines) is 1. The van der Waals surface area contributed by atoms with Crippen LogP contribution < -0.4 is 5.32 Å². The monoisotopic (exact) mass is 308 g/mol. The van der Waals surface area contributed by atoms with Crippen LogP contribution in [0.4, 0.5) is 0 Å². The lowest BCUT2D eigenvalue weighted by Gasteiger charge is -2.32.